The van der Waals surface area contributed by atoms with Crippen molar-refractivity contribution in [1.29, 1.82) is 0 Å². The Labute approximate surface area is 96.5 Å². The Bertz CT molecular complexity index is 231. The third-order valence-corrected chi connectivity index (χ3v) is 3.67. The van der Waals surface area contributed by atoms with Crippen LogP contribution in [0.3, 0.4) is 0 Å². The van der Waals surface area contributed by atoms with Crippen molar-refractivity contribution in [2.45, 2.75) is 33.3 Å². The van der Waals surface area contributed by atoms with E-state index in [1.54, 1.807) is 0 Å². The lowest BCUT2D eigenvalue weighted by molar-refractivity contribution is -0.128. The van der Waals surface area contributed by atoms with Gasteiger partial charge in [-0.1, -0.05) is 0 Å². The zero-order valence-electron chi connectivity index (χ0n) is 9.68. The van der Waals surface area contributed by atoms with Gasteiger partial charge in [0, 0.05) is 24.9 Å². The van der Waals surface area contributed by atoms with Crippen LogP contribution in [-0.4, -0.2) is 31.0 Å². The Morgan fingerprint density at radius 1 is 1.60 bits per heavy atom. The van der Waals surface area contributed by atoms with E-state index in [0.717, 1.165) is 13.0 Å². The van der Waals surface area contributed by atoms with E-state index >= 15 is 0 Å². The molecule has 1 aliphatic heterocycles. The summed E-state index contributed by atoms with van der Waals surface area (Å²) in [5.41, 5.74) is -0.482. The molecule has 2 unspecified atom stereocenters. The first-order chi connectivity index (χ1) is 6.97. The fourth-order valence-corrected chi connectivity index (χ4v) is 1.69. The van der Waals surface area contributed by atoms with E-state index in [1.165, 1.54) is 0 Å². The zero-order chi connectivity index (χ0) is 11.5. The minimum absolute atomic E-state index is 0.0246. The average Bonchev–Trinajstić information content (AvgIpc) is 2.60. The summed E-state index contributed by atoms with van der Waals surface area (Å²) in [7, 11) is 0. The third kappa shape index (κ3) is 3.35. The van der Waals surface area contributed by atoms with Gasteiger partial charge in [0.15, 0.2) is 0 Å². The first-order valence-electron chi connectivity index (χ1n) is 5.43. The highest BCUT2D eigenvalue weighted by atomic mass is 35.5. The molecule has 88 valence electrons. The molecule has 1 aliphatic rings. The molecule has 0 spiro atoms. The summed E-state index contributed by atoms with van der Waals surface area (Å²) < 4.78 is 5.43. The quantitative estimate of drug-likeness (QED) is 0.752. The number of halogens is 1. The van der Waals surface area contributed by atoms with Crippen molar-refractivity contribution in [1.82, 2.24) is 5.32 Å². The number of rotatable bonds is 4. The molecule has 3 nitrogen and oxygen atoms in total. The molecule has 1 N–H and O–H groups in total. The van der Waals surface area contributed by atoms with Gasteiger partial charge in [0.2, 0.25) is 5.91 Å². The van der Waals surface area contributed by atoms with Crippen LogP contribution in [0.2, 0.25) is 0 Å². The molecule has 0 aromatic heterocycles. The van der Waals surface area contributed by atoms with Crippen LogP contribution in [0.1, 0.15) is 27.2 Å². The van der Waals surface area contributed by atoms with Crippen LogP contribution < -0.4 is 5.32 Å². The molecule has 1 fully saturated rings. The molecule has 2 atom stereocenters. The summed E-state index contributed by atoms with van der Waals surface area (Å²) in [6, 6.07) is 0. The van der Waals surface area contributed by atoms with Crippen molar-refractivity contribution in [2.75, 3.05) is 19.0 Å². The number of carbonyl (C=O) groups is 1. The molecule has 0 aromatic rings. The fraction of sp³-hybridized carbons (Fsp3) is 0.909. The van der Waals surface area contributed by atoms with Gasteiger partial charge < -0.3 is 10.1 Å². The van der Waals surface area contributed by atoms with Crippen LogP contribution in [-0.2, 0) is 9.53 Å². The molecule has 15 heavy (non-hydrogen) atoms. The Hall–Kier alpha value is -0.280. The molecule has 1 rings (SSSR count). The number of amides is 1. The predicted molar refractivity (Wildman–Crippen MR) is 61.0 cm³/mol. The Kier molecular flexibility index (Phi) is 4.41. The molecule has 0 aromatic carbocycles. The van der Waals surface area contributed by atoms with Gasteiger partial charge in [0.25, 0.3) is 0 Å². The van der Waals surface area contributed by atoms with Gasteiger partial charge in [-0.3, -0.25) is 4.79 Å². The monoisotopic (exact) mass is 233 g/mol. The molecular weight excluding hydrogens is 214 g/mol. The highest BCUT2D eigenvalue weighted by Crippen LogP contribution is 2.21. The number of hydrogen-bond acceptors (Lipinski definition) is 2. The Morgan fingerprint density at radius 3 is 2.73 bits per heavy atom. The molecule has 0 radical (unpaired) electrons. The molecule has 0 bridgehead atoms. The smallest absolute Gasteiger partial charge is 0.226 e. The molecule has 1 amide bonds. The van der Waals surface area contributed by atoms with Crippen molar-refractivity contribution < 1.29 is 9.53 Å². The van der Waals surface area contributed by atoms with Gasteiger partial charge in [-0.15, -0.1) is 11.6 Å². The summed E-state index contributed by atoms with van der Waals surface area (Å²) in [5.74, 6) is 0.812. The Balaban J connectivity index is 2.34. The summed E-state index contributed by atoms with van der Waals surface area (Å²) in [4.78, 5) is 11.7. The van der Waals surface area contributed by atoms with Crippen molar-refractivity contribution in [3.05, 3.63) is 0 Å². The van der Waals surface area contributed by atoms with Crippen LogP contribution in [0.15, 0.2) is 0 Å². The Morgan fingerprint density at radius 2 is 2.27 bits per heavy atom. The predicted octanol–water partition coefficient (Wildman–Crippen LogP) is 1.79. The minimum atomic E-state index is -0.482. The van der Waals surface area contributed by atoms with Crippen molar-refractivity contribution >= 4 is 17.5 Å². The van der Waals surface area contributed by atoms with Gasteiger partial charge in [0.05, 0.1) is 11.5 Å². The van der Waals surface area contributed by atoms with Crippen LogP contribution in [0.5, 0.6) is 0 Å². The van der Waals surface area contributed by atoms with Crippen LogP contribution >= 0.6 is 11.6 Å². The summed E-state index contributed by atoms with van der Waals surface area (Å²) in [5, 5.41) is 2.94. The van der Waals surface area contributed by atoms with Crippen molar-refractivity contribution in [3.63, 3.8) is 0 Å². The van der Waals surface area contributed by atoms with E-state index < -0.39 is 5.41 Å². The van der Waals surface area contributed by atoms with E-state index in [2.05, 4.69) is 12.2 Å². The summed E-state index contributed by atoms with van der Waals surface area (Å²) in [6.07, 6.45) is 1.28. The topological polar surface area (TPSA) is 38.3 Å². The van der Waals surface area contributed by atoms with E-state index in [-0.39, 0.29) is 12.0 Å². The number of ether oxygens (including phenoxy) is 1. The van der Waals surface area contributed by atoms with Crippen LogP contribution in [0, 0.1) is 11.3 Å². The zero-order valence-corrected chi connectivity index (χ0v) is 10.4. The lowest BCUT2D eigenvalue weighted by Crippen LogP contribution is -2.41. The summed E-state index contributed by atoms with van der Waals surface area (Å²) in [6.45, 7) is 7.26. The summed E-state index contributed by atoms with van der Waals surface area (Å²) >= 11 is 5.73. The van der Waals surface area contributed by atoms with Gasteiger partial charge in [-0.05, 0) is 27.2 Å². The molecule has 0 aliphatic carbocycles. The van der Waals surface area contributed by atoms with Crippen molar-refractivity contribution in [2.24, 2.45) is 11.3 Å². The SMILES string of the molecule is CC1OCCC1CNC(=O)C(C)(C)CCl. The number of carbonyl (C=O) groups excluding carboxylic acids is 1. The molecule has 1 heterocycles. The van der Waals surface area contributed by atoms with Crippen LogP contribution in [0.25, 0.3) is 0 Å². The first-order valence-corrected chi connectivity index (χ1v) is 5.96. The van der Waals surface area contributed by atoms with Gasteiger partial charge >= 0.3 is 0 Å². The standard InChI is InChI=1S/C11H20ClNO2/c1-8-9(4-5-15-8)6-13-10(14)11(2,3)7-12/h8-9H,4-7H2,1-3H3,(H,13,14). The average molecular weight is 234 g/mol. The maximum absolute atomic E-state index is 11.7. The normalized spacial score (nSPS) is 26.7. The largest absolute Gasteiger partial charge is 0.378 e. The van der Waals surface area contributed by atoms with E-state index in [0.29, 0.717) is 18.3 Å². The van der Waals surface area contributed by atoms with E-state index in [4.69, 9.17) is 16.3 Å². The highest BCUT2D eigenvalue weighted by molar-refractivity contribution is 6.19. The second-order valence-corrected chi connectivity index (χ2v) is 5.12. The van der Waals surface area contributed by atoms with Gasteiger partial charge in [-0.25, -0.2) is 0 Å². The number of hydrogen-bond donors (Lipinski definition) is 1. The molecular formula is C11H20ClNO2. The number of nitrogens with one attached hydrogen (secondary N) is 1. The fourth-order valence-electron chi connectivity index (χ4n) is 1.57. The van der Waals surface area contributed by atoms with Gasteiger partial charge in [0.1, 0.15) is 0 Å². The van der Waals surface area contributed by atoms with E-state index in [9.17, 15) is 4.79 Å². The first kappa shape index (κ1) is 12.8. The maximum Gasteiger partial charge on any atom is 0.226 e. The highest BCUT2D eigenvalue weighted by Gasteiger charge is 2.29. The lowest BCUT2D eigenvalue weighted by Gasteiger charge is -2.22. The maximum atomic E-state index is 11.7. The minimum Gasteiger partial charge on any atom is -0.378 e. The third-order valence-electron chi connectivity index (χ3n) is 3.01. The molecule has 1 saturated heterocycles. The number of alkyl halides is 1. The second-order valence-electron chi connectivity index (χ2n) is 4.85. The van der Waals surface area contributed by atoms with Gasteiger partial charge in [-0.2, -0.15) is 0 Å². The molecule has 0 saturated carbocycles. The van der Waals surface area contributed by atoms with Crippen LogP contribution in [0.4, 0.5) is 0 Å². The lowest BCUT2D eigenvalue weighted by atomic mass is 9.94. The second kappa shape index (κ2) is 5.17. The van der Waals surface area contributed by atoms with E-state index in [1.807, 2.05) is 13.8 Å². The molecule has 4 heteroatoms. The van der Waals surface area contributed by atoms with Crippen molar-refractivity contribution in [3.8, 4) is 0 Å².